The van der Waals surface area contributed by atoms with E-state index in [1.807, 2.05) is 27.7 Å². The molecule has 2 heterocycles. The third kappa shape index (κ3) is 2.61. The molecule has 0 amide bonds. The predicted octanol–water partition coefficient (Wildman–Crippen LogP) is 2.31. The highest BCUT2D eigenvalue weighted by Gasteiger charge is 2.05. The zero-order valence-electron chi connectivity index (χ0n) is 10.5. The first-order valence-corrected chi connectivity index (χ1v) is 5.53. The molecule has 0 aliphatic carbocycles. The summed E-state index contributed by atoms with van der Waals surface area (Å²) in [6, 6.07) is 0. The number of nitrogens with one attached hydrogen (secondary N) is 1. The van der Waals surface area contributed by atoms with E-state index in [-0.39, 0.29) is 0 Å². The number of aryl methyl sites for hydroxylation is 4. The van der Waals surface area contributed by atoms with Gasteiger partial charge in [-0.3, -0.25) is 4.98 Å². The second kappa shape index (κ2) is 4.53. The monoisotopic (exact) mass is 232 g/mol. The van der Waals surface area contributed by atoms with Crippen LogP contribution in [0.3, 0.4) is 0 Å². The van der Waals surface area contributed by atoms with Crippen molar-refractivity contribution in [2.24, 2.45) is 0 Å². The Kier molecular flexibility index (Phi) is 3.08. The lowest BCUT2D eigenvalue weighted by Gasteiger charge is -2.04. The molecule has 0 unspecified atom stereocenters. The van der Waals surface area contributed by atoms with Crippen LogP contribution in [0.15, 0.2) is 10.6 Å². The maximum absolute atomic E-state index is 5.47. The summed E-state index contributed by atoms with van der Waals surface area (Å²) in [5.74, 6) is 2.26. The van der Waals surface area contributed by atoms with Crippen molar-refractivity contribution in [3.63, 3.8) is 0 Å². The Morgan fingerprint density at radius 1 is 1.06 bits per heavy atom. The lowest BCUT2D eigenvalue weighted by molar-refractivity contribution is 0.478. The van der Waals surface area contributed by atoms with Crippen LogP contribution in [0.5, 0.6) is 0 Å². The molecule has 0 fully saturated rings. The standard InChI is InChI=1S/C12H16N4O/c1-7-8(2)15-11(5-13-7)14-6-12-16-9(3)10(4)17-12/h5H,6H2,1-4H3,(H,14,15). The van der Waals surface area contributed by atoms with E-state index in [2.05, 4.69) is 20.3 Å². The van der Waals surface area contributed by atoms with Crippen LogP contribution < -0.4 is 5.32 Å². The fourth-order valence-electron chi connectivity index (χ4n) is 1.41. The maximum Gasteiger partial charge on any atom is 0.213 e. The van der Waals surface area contributed by atoms with Gasteiger partial charge in [-0.25, -0.2) is 9.97 Å². The Balaban J connectivity index is 2.04. The summed E-state index contributed by atoms with van der Waals surface area (Å²) in [5.41, 5.74) is 2.79. The van der Waals surface area contributed by atoms with Gasteiger partial charge in [-0.2, -0.15) is 0 Å². The minimum Gasteiger partial charge on any atom is -0.444 e. The summed E-state index contributed by atoms with van der Waals surface area (Å²) in [6.07, 6.45) is 1.71. The van der Waals surface area contributed by atoms with Crippen LogP contribution in [0.4, 0.5) is 5.82 Å². The van der Waals surface area contributed by atoms with E-state index in [9.17, 15) is 0 Å². The second-order valence-corrected chi connectivity index (χ2v) is 4.03. The summed E-state index contributed by atoms with van der Waals surface area (Å²) in [6.45, 7) is 8.23. The van der Waals surface area contributed by atoms with Gasteiger partial charge in [0.1, 0.15) is 11.6 Å². The van der Waals surface area contributed by atoms with Crippen molar-refractivity contribution in [1.29, 1.82) is 0 Å². The Morgan fingerprint density at radius 2 is 1.82 bits per heavy atom. The van der Waals surface area contributed by atoms with Gasteiger partial charge >= 0.3 is 0 Å². The minimum atomic E-state index is 0.520. The van der Waals surface area contributed by atoms with Crippen molar-refractivity contribution in [3.05, 3.63) is 34.9 Å². The van der Waals surface area contributed by atoms with Gasteiger partial charge in [0.05, 0.1) is 29.8 Å². The molecule has 2 aromatic rings. The van der Waals surface area contributed by atoms with Crippen molar-refractivity contribution in [1.82, 2.24) is 15.0 Å². The van der Waals surface area contributed by atoms with Crippen LogP contribution in [0.25, 0.3) is 0 Å². The number of oxazole rings is 1. The molecule has 1 N–H and O–H groups in total. The molecule has 0 saturated heterocycles. The van der Waals surface area contributed by atoms with Gasteiger partial charge in [0.2, 0.25) is 5.89 Å². The molecule has 2 rings (SSSR count). The second-order valence-electron chi connectivity index (χ2n) is 4.03. The van der Waals surface area contributed by atoms with Crippen molar-refractivity contribution < 1.29 is 4.42 Å². The van der Waals surface area contributed by atoms with Crippen LogP contribution in [0, 0.1) is 27.7 Å². The summed E-state index contributed by atoms with van der Waals surface area (Å²) in [5, 5.41) is 3.14. The zero-order valence-corrected chi connectivity index (χ0v) is 10.5. The molecule has 0 bridgehead atoms. The SMILES string of the molecule is Cc1ncc(NCc2nc(C)c(C)o2)nc1C. The highest BCUT2D eigenvalue weighted by molar-refractivity contribution is 5.33. The molecule has 5 nitrogen and oxygen atoms in total. The number of hydrogen-bond donors (Lipinski definition) is 1. The lowest BCUT2D eigenvalue weighted by Crippen LogP contribution is -2.04. The molecular weight excluding hydrogens is 216 g/mol. The van der Waals surface area contributed by atoms with Gasteiger partial charge in [0, 0.05) is 0 Å². The van der Waals surface area contributed by atoms with Crippen LogP contribution in [-0.2, 0) is 6.54 Å². The Morgan fingerprint density at radius 3 is 2.41 bits per heavy atom. The number of rotatable bonds is 3. The van der Waals surface area contributed by atoms with Crippen molar-refractivity contribution in [2.75, 3.05) is 5.32 Å². The number of aromatic nitrogens is 3. The highest BCUT2D eigenvalue weighted by atomic mass is 16.4. The van der Waals surface area contributed by atoms with Crippen LogP contribution in [0.1, 0.15) is 28.7 Å². The molecule has 0 aromatic carbocycles. The molecule has 0 spiro atoms. The topological polar surface area (TPSA) is 63.8 Å². The molecule has 0 aliphatic rings. The fourth-order valence-corrected chi connectivity index (χ4v) is 1.41. The Hall–Kier alpha value is -1.91. The normalized spacial score (nSPS) is 10.6. The largest absolute Gasteiger partial charge is 0.444 e. The van der Waals surface area contributed by atoms with Crippen molar-refractivity contribution in [2.45, 2.75) is 34.2 Å². The number of anilines is 1. The van der Waals surface area contributed by atoms with E-state index in [0.717, 1.165) is 28.7 Å². The van der Waals surface area contributed by atoms with E-state index < -0.39 is 0 Å². The van der Waals surface area contributed by atoms with Gasteiger partial charge in [-0.1, -0.05) is 0 Å². The third-order valence-corrected chi connectivity index (χ3v) is 2.69. The number of hydrogen-bond acceptors (Lipinski definition) is 5. The van der Waals surface area contributed by atoms with Crippen LogP contribution >= 0.6 is 0 Å². The molecule has 0 saturated carbocycles. The van der Waals surface area contributed by atoms with E-state index >= 15 is 0 Å². The predicted molar refractivity (Wildman–Crippen MR) is 64.8 cm³/mol. The lowest BCUT2D eigenvalue weighted by atomic mass is 10.3. The molecule has 17 heavy (non-hydrogen) atoms. The summed E-state index contributed by atoms with van der Waals surface area (Å²) >= 11 is 0. The first-order valence-electron chi connectivity index (χ1n) is 5.53. The van der Waals surface area contributed by atoms with Gasteiger partial charge in [-0.05, 0) is 27.7 Å². The zero-order chi connectivity index (χ0) is 12.4. The van der Waals surface area contributed by atoms with Crippen LogP contribution in [-0.4, -0.2) is 15.0 Å². The van der Waals surface area contributed by atoms with Crippen LogP contribution in [0.2, 0.25) is 0 Å². The molecular formula is C12H16N4O. The van der Waals surface area contributed by atoms with Gasteiger partial charge in [-0.15, -0.1) is 0 Å². The van der Waals surface area contributed by atoms with E-state index in [0.29, 0.717) is 12.4 Å². The smallest absolute Gasteiger partial charge is 0.213 e. The molecule has 0 atom stereocenters. The van der Waals surface area contributed by atoms with Crippen molar-refractivity contribution in [3.8, 4) is 0 Å². The fraction of sp³-hybridized carbons (Fsp3) is 0.417. The summed E-state index contributed by atoms with van der Waals surface area (Å²) in [4.78, 5) is 12.9. The molecule has 0 radical (unpaired) electrons. The van der Waals surface area contributed by atoms with Gasteiger partial charge < -0.3 is 9.73 Å². The van der Waals surface area contributed by atoms with E-state index in [1.54, 1.807) is 6.20 Å². The third-order valence-electron chi connectivity index (χ3n) is 2.69. The first kappa shape index (κ1) is 11.6. The quantitative estimate of drug-likeness (QED) is 0.879. The Bertz CT molecular complexity index is 514. The first-order chi connectivity index (χ1) is 8.06. The number of nitrogens with zero attached hydrogens (tertiary/aromatic N) is 3. The van der Waals surface area contributed by atoms with E-state index in [1.165, 1.54) is 0 Å². The summed E-state index contributed by atoms with van der Waals surface area (Å²) in [7, 11) is 0. The highest BCUT2D eigenvalue weighted by Crippen LogP contribution is 2.11. The average molecular weight is 232 g/mol. The van der Waals surface area contributed by atoms with E-state index in [4.69, 9.17) is 4.42 Å². The molecule has 5 heteroatoms. The van der Waals surface area contributed by atoms with Crippen molar-refractivity contribution >= 4 is 5.82 Å². The Labute approximate surface area is 100 Å². The molecule has 90 valence electrons. The van der Waals surface area contributed by atoms with Gasteiger partial charge in [0.25, 0.3) is 0 Å². The molecule has 2 aromatic heterocycles. The summed E-state index contributed by atoms with van der Waals surface area (Å²) < 4.78 is 5.47. The minimum absolute atomic E-state index is 0.520. The maximum atomic E-state index is 5.47. The van der Waals surface area contributed by atoms with Gasteiger partial charge in [0.15, 0.2) is 0 Å². The average Bonchev–Trinajstić information content (AvgIpc) is 2.60. The molecule has 0 aliphatic heterocycles.